The highest BCUT2D eigenvalue weighted by Crippen LogP contribution is 2.33. The average molecular weight is 397 g/mol. The normalized spacial score (nSPS) is 16.7. The van der Waals surface area contributed by atoms with Gasteiger partial charge in [0.25, 0.3) is 0 Å². The Labute approximate surface area is 176 Å². The van der Waals surface area contributed by atoms with Crippen LogP contribution in [0.5, 0.6) is 5.75 Å². The van der Waals surface area contributed by atoms with Crippen molar-refractivity contribution in [1.82, 2.24) is 0 Å². The molecular weight excluding hydrogens is 374 g/mol. The molecule has 2 heterocycles. The van der Waals surface area contributed by atoms with Gasteiger partial charge in [0.05, 0.1) is 19.3 Å². The Bertz CT molecular complexity index is 1120. The Morgan fingerprint density at radius 2 is 1.90 bits per heavy atom. The molecule has 0 bridgehead atoms. The summed E-state index contributed by atoms with van der Waals surface area (Å²) in [4.78, 5) is 19.2. The molecule has 0 fully saturated rings. The topological polar surface area (TPSA) is 53.9 Å². The van der Waals surface area contributed by atoms with Crippen LogP contribution in [0.25, 0.3) is 0 Å². The number of urea groups is 1. The molecule has 0 radical (unpaired) electrons. The number of anilines is 2. The van der Waals surface area contributed by atoms with Gasteiger partial charge in [-0.25, -0.2) is 4.79 Å². The standard InChI is InChI=1S/C25H23N3O2/c1-30-21-11-8-18-12-13-28(24(18)14-21)25(29)27-20-9-6-17(7-10-20)23-16-26-15-19-4-2-3-5-22(19)23/h2-11,14,16,23H,12-13,15H2,1H3,(H,27,29). The number of methoxy groups -OCH3 is 1. The minimum Gasteiger partial charge on any atom is -0.497 e. The van der Waals surface area contributed by atoms with Gasteiger partial charge < -0.3 is 10.1 Å². The molecule has 3 aromatic carbocycles. The van der Waals surface area contributed by atoms with E-state index in [9.17, 15) is 4.79 Å². The van der Waals surface area contributed by atoms with Crippen molar-refractivity contribution >= 4 is 23.6 Å². The number of hydrogen-bond acceptors (Lipinski definition) is 3. The zero-order valence-electron chi connectivity index (χ0n) is 16.8. The molecule has 0 spiro atoms. The van der Waals surface area contributed by atoms with Crippen LogP contribution < -0.4 is 15.0 Å². The molecular formula is C25H23N3O2. The third kappa shape index (κ3) is 3.32. The van der Waals surface area contributed by atoms with Crippen molar-refractivity contribution < 1.29 is 9.53 Å². The molecule has 1 N–H and O–H groups in total. The minimum atomic E-state index is -0.126. The van der Waals surface area contributed by atoms with Crippen LogP contribution in [0.2, 0.25) is 0 Å². The molecule has 1 atom stereocenters. The van der Waals surface area contributed by atoms with E-state index in [1.165, 1.54) is 16.7 Å². The highest BCUT2D eigenvalue weighted by molar-refractivity contribution is 6.03. The van der Waals surface area contributed by atoms with E-state index >= 15 is 0 Å². The predicted molar refractivity (Wildman–Crippen MR) is 120 cm³/mol. The lowest BCUT2D eigenvalue weighted by molar-refractivity contribution is 0.257. The summed E-state index contributed by atoms with van der Waals surface area (Å²) in [6, 6.07) is 22.2. The lowest BCUT2D eigenvalue weighted by atomic mass is 9.87. The third-order valence-corrected chi connectivity index (χ3v) is 5.86. The van der Waals surface area contributed by atoms with E-state index in [4.69, 9.17) is 4.74 Å². The lowest BCUT2D eigenvalue weighted by Gasteiger charge is -2.21. The first-order chi connectivity index (χ1) is 14.7. The van der Waals surface area contributed by atoms with Gasteiger partial charge in [0, 0.05) is 30.4 Å². The number of nitrogens with one attached hydrogen (secondary N) is 1. The summed E-state index contributed by atoms with van der Waals surface area (Å²) in [6.07, 6.45) is 2.87. The van der Waals surface area contributed by atoms with Crippen LogP contribution in [-0.4, -0.2) is 25.9 Å². The summed E-state index contributed by atoms with van der Waals surface area (Å²) in [7, 11) is 1.64. The molecule has 30 heavy (non-hydrogen) atoms. The molecule has 150 valence electrons. The van der Waals surface area contributed by atoms with Gasteiger partial charge in [-0.2, -0.15) is 0 Å². The summed E-state index contributed by atoms with van der Waals surface area (Å²) >= 11 is 0. The van der Waals surface area contributed by atoms with Crippen molar-refractivity contribution in [3.8, 4) is 5.75 Å². The van der Waals surface area contributed by atoms with Gasteiger partial charge in [-0.1, -0.05) is 42.5 Å². The van der Waals surface area contributed by atoms with Gasteiger partial charge in [-0.3, -0.25) is 9.89 Å². The molecule has 5 nitrogen and oxygen atoms in total. The number of aliphatic imine (C=N–C) groups is 1. The van der Waals surface area contributed by atoms with E-state index in [1.54, 1.807) is 12.0 Å². The lowest BCUT2D eigenvalue weighted by Crippen LogP contribution is -2.33. The molecule has 2 aliphatic rings. The van der Waals surface area contributed by atoms with E-state index in [1.807, 2.05) is 36.5 Å². The molecule has 5 heteroatoms. The molecule has 0 saturated heterocycles. The summed E-state index contributed by atoms with van der Waals surface area (Å²) < 4.78 is 5.31. The van der Waals surface area contributed by atoms with Gasteiger partial charge in [0.15, 0.2) is 0 Å². The van der Waals surface area contributed by atoms with E-state index < -0.39 is 0 Å². The summed E-state index contributed by atoms with van der Waals surface area (Å²) in [6.45, 7) is 1.41. The van der Waals surface area contributed by atoms with E-state index in [0.29, 0.717) is 6.54 Å². The van der Waals surface area contributed by atoms with Gasteiger partial charge >= 0.3 is 6.03 Å². The maximum Gasteiger partial charge on any atom is 0.326 e. The Morgan fingerprint density at radius 1 is 1.07 bits per heavy atom. The Balaban J connectivity index is 1.33. The van der Waals surface area contributed by atoms with Gasteiger partial charge in [0.1, 0.15) is 5.75 Å². The van der Waals surface area contributed by atoms with Crippen LogP contribution in [0.3, 0.4) is 0 Å². The van der Waals surface area contributed by atoms with Gasteiger partial charge in [-0.15, -0.1) is 0 Å². The predicted octanol–water partition coefficient (Wildman–Crippen LogP) is 5.01. The Hall–Kier alpha value is -3.60. The quantitative estimate of drug-likeness (QED) is 0.676. The van der Waals surface area contributed by atoms with Gasteiger partial charge in [-0.05, 0) is 46.9 Å². The Morgan fingerprint density at radius 3 is 2.73 bits per heavy atom. The molecule has 1 unspecified atom stereocenters. The molecule has 5 rings (SSSR count). The second kappa shape index (κ2) is 7.67. The first-order valence-electron chi connectivity index (χ1n) is 10.2. The first-order valence-corrected chi connectivity index (χ1v) is 10.2. The number of nitrogens with zero attached hydrogens (tertiary/aromatic N) is 2. The van der Waals surface area contributed by atoms with Crippen molar-refractivity contribution in [2.45, 2.75) is 18.9 Å². The molecule has 2 amide bonds. The largest absolute Gasteiger partial charge is 0.497 e. The summed E-state index contributed by atoms with van der Waals surface area (Å²) in [5.74, 6) is 0.907. The fourth-order valence-corrected chi connectivity index (χ4v) is 4.25. The number of ether oxygens (including phenoxy) is 1. The van der Waals surface area contributed by atoms with Crippen LogP contribution in [0.15, 0.2) is 71.7 Å². The second-order valence-corrected chi connectivity index (χ2v) is 7.61. The fourth-order valence-electron chi connectivity index (χ4n) is 4.25. The maximum absolute atomic E-state index is 12.9. The number of amides is 2. The number of fused-ring (bicyclic) bond motifs is 2. The van der Waals surface area contributed by atoms with Crippen LogP contribution in [0.1, 0.15) is 28.2 Å². The summed E-state index contributed by atoms with van der Waals surface area (Å²) in [5.41, 5.74) is 6.59. The maximum atomic E-state index is 12.9. The molecule has 3 aromatic rings. The van der Waals surface area contributed by atoms with Crippen LogP contribution in [-0.2, 0) is 13.0 Å². The highest BCUT2D eigenvalue weighted by atomic mass is 16.5. The smallest absolute Gasteiger partial charge is 0.326 e. The van der Waals surface area contributed by atoms with Crippen LogP contribution in [0.4, 0.5) is 16.2 Å². The van der Waals surface area contributed by atoms with Crippen molar-refractivity contribution in [2.75, 3.05) is 23.9 Å². The molecule has 0 saturated carbocycles. The van der Waals surface area contributed by atoms with Crippen LogP contribution >= 0.6 is 0 Å². The van der Waals surface area contributed by atoms with Crippen molar-refractivity contribution in [3.63, 3.8) is 0 Å². The highest BCUT2D eigenvalue weighted by Gasteiger charge is 2.25. The van der Waals surface area contributed by atoms with E-state index in [2.05, 4.69) is 46.7 Å². The fraction of sp³-hybridized carbons (Fsp3) is 0.200. The minimum absolute atomic E-state index is 0.126. The number of carbonyl (C=O) groups excluding carboxylic acids is 1. The zero-order chi connectivity index (χ0) is 20.5. The van der Waals surface area contributed by atoms with Crippen molar-refractivity contribution in [1.29, 1.82) is 0 Å². The molecule has 2 aliphatic heterocycles. The number of hydrogen-bond donors (Lipinski definition) is 1. The first kappa shape index (κ1) is 18.4. The number of benzene rings is 3. The average Bonchev–Trinajstić information content (AvgIpc) is 3.22. The van der Waals surface area contributed by atoms with Crippen molar-refractivity contribution in [3.05, 3.63) is 89.0 Å². The summed E-state index contributed by atoms with van der Waals surface area (Å²) in [5, 5.41) is 3.02. The van der Waals surface area contributed by atoms with E-state index in [-0.39, 0.29) is 11.9 Å². The monoisotopic (exact) mass is 397 g/mol. The van der Waals surface area contributed by atoms with Gasteiger partial charge in [0.2, 0.25) is 0 Å². The number of rotatable bonds is 3. The zero-order valence-corrected chi connectivity index (χ0v) is 16.8. The van der Waals surface area contributed by atoms with E-state index in [0.717, 1.165) is 35.7 Å². The Kier molecular flexibility index (Phi) is 4.71. The third-order valence-electron chi connectivity index (χ3n) is 5.86. The van der Waals surface area contributed by atoms with Crippen LogP contribution in [0, 0.1) is 0 Å². The molecule has 0 aliphatic carbocycles. The number of carbonyl (C=O) groups is 1. The SMILES string of the molecule is COc1ccc2c(c1)N(C(=O)Nc1ccc(C3C=NCc4ccccc43)cc1)CC2. The molecule has 0 aromatic heterocycles. The second-order valence-electron chi connectivity index (χ2n) is 7.61. The van der Waals surface area contributed by atoms with Crippen molar-refractivity contribution in [2.24, 2.45) is 4.99 Å².